The number of hydrogen-bond donors (Lipinski definition) is 2. The van der Waals surface area contributed by atoms with Gasteiger partial charge in [0.1, 0.15) is 6.26 Å². The third-order valence-corrected chi connectivity index (χ3v) is 1.90. The Bertz CT molecular complexity index is 414. The first kappa shape index (κ1) is 17.6. The topological polar surface area (TPSA) is 119 Å². The van der Waals surface area contributed by atoms with Crippen LogP contribution in [-0.2, 0) is 23.9 Å². The molecule has 8 nitrogen and oxygen atoms in total. The second-order valence-corrected chi connectivity index (χ2v) is 3.94. The standard InChI is InChI=1S/C12H18N2O6/c1-14(2)6-3-7-19-12(18)9(8-15)20-11(17)5-4-10(13)16/h4-5,8,15H,3,6-7H2,1-2H3,(H2,13,16)/b5-4-,9-8?. The van der Waals surface area contributed by atoms with Gasteiger partial charge in [0.05, 0.1) is 6.61 Å². The van der Waals surface area contributed by atoms with Crippen molar-refractivity contribution in [3.05, 3.63) is 24.2 Å². The van der Waals surface area contributed by atoms with Crippen LogP contribution >= 0.6 is 0 Å². The molecule has 0 radical (unpaired) electrons. The smallest absolute Gasteiger partial charge is 0.377 e. The zero-order valence-corrected chi connectivity index (χ0v) is 11.4. The Kier molecular flexibility index (Phi) is 8.44. The van der Waals surface area contributed by atoms with Crippen molar-refractivity contribution in [3.8, 4) is 0 Å². The minimum Gasteiger partial charge on any atom is -0.511 e. The molecule has 0 aliphatic rings. The van der Waals surface area contributed by atoms with Gasteiger partial charge in [-0.15, -0.1) is 0 Å². The quantitative estimate of drug-likeness (QED) is 0.266. The molecule has 0 saturated heterocycles. The second-order valence-electron chi connectivity index (χ2n) is 3.94. The molecule has 20 heavy (non-hydrogen) atoms. The molecule has 0 rings (SSSR count). The molecule has 1 amide bonds. The number of rotatable bonds is 8. The highest BCUT2D eigenvalue weighted by atomic mass is 16.6. The van der Waals surface area contributed by atoms with Crippen molar-refractivity contribution in [1.82, 2.24) is 4.90 Å². The van der Waals surface area contributed by atoms with Gasteiger partial charge in [0.25, 0.3) is 0 Å². The number of amides is 1. The maximum atomic E-state index is 11.4. The van der Waals surface area contributed by atoms with Gasteiger partial charge in [-0.25, -0.2) is 9.59 Å². The summed E-state index contributed by atoms with van der Waals surface area (Å²) in [7, 11) is 3.74. The van der Waals surface area contributed by atoms with E-state index >= 15 is 0 Å². The Balaban J connectivity index is 4.23. The van der Waals surface area contributed by atoms with E-state index in [2.05, 4.69) is 4.74 Å². The Morgan fingerprint density at radius 1 is 1.25 bits per heavy atom. The maximum Gasteiger partial charge on any atom is 0.377 e. The van der Waals surface area contributed by atoms with E-state index in [-0.39, 0.29) is 6.61 Å². The number of primary amides is 1. The summed E-state index contributed by atoms with van der Waals surface area (Å²) in [5.74, 6) is -3.53. The molecule has 3 N–H and O–H groups in total. The summed E-state index contributed by atoms with van der Waals surface area (Å²) in [4.78, 5) is 34.9. The van der Waals surface area contributed by atoms with Gasteiger partial charge in [0, 0.05) is 18.7 Å². The third kappa shape index (κ3) is 8.70. The highest BCUT2D eigenvalue weighted by molar-refractivity contribution is 5.96. The SMILES string of the molecule is CN(C)CCCOC(=O)C(=CO)OC(=O)/C=C\C(N)=O. The van der Waals surface area contributed by atoms with Crippen molar-refractivity contribution >= 4 is 17.8 Å². The molecule has 112 valence electrons. The molecular formula is C12H18N2O6. The zero-order chi connectivity index (χ0) is 15.5. The molecule has 0 aromatic heterocycles. The van der Waals surface area contributed by atoms with Crippen LogP contribution in [-0.4, -0.2) is 55.1 Å². The molecule has 0 bridgehead atoms. The van der Waals surface area contributed by atoms with E-state index in [1.807, 2.05) is 19.0 Å². The fraction of sp³-hybridized carbons (Fsp3) is 0.417. The Morgan fingerprint density at radius 3 is 2.40 bits per heavy atom. The Morgan fingerprint density at radius 2 is 1.90 bits per heavy atom. The number of carbonyl (C=O) groups is 3. The summed E-state index contributed by atoms with van der Waals surface area (Å²) in [6.07, 6.45) is 2.39. The fourth-order valence-electron chi connectivity index (χ4n) is 1.03. The predicted octanol–water partition coefficient (Wildman–Crippen LogP) is -0.535. The highest BCUT2D eigenvalue weighted by Crippen LogP contribution is 2.02. The Labute approximate surface area is 116 Å². The first-order valence-electron chi connectivity index (χ1n) is 5.72. The van der Waals surface area contributed by atoms with Crippen LogP contribution < -0.4 is 5.73 Å². The number of ether oxygens (including phenoxy) is 2. The molecule has 8 heteroatoms. The van der Waals surface area contributed by atoms with Crippen molar-refractivity contribution in [3.63, 3.8) is 0 Å². The van der Waals surface area contributed by atoms with Crippen LogP contribution in [0.1, 0.15) is 6.42 Å². The molecule has 0 spiro atoms. The van der Waals surface area contributed by atoms with Crippen molar-refractivity contribution in [2.75, 3.05) is 27.2 Å². The molecule has 0 aliphatic heterocycles. The van der Waals surface area contributed by atoms with Gasteiger partial charge in [-0.05, 0) is 20.5 Å². The molecule has 0 fully saturated rings. The summed E-state index contributed by atoms with van der Waals surface area (Å²) in [6.45, 7) is 0.829. The lowest BCUT2D eigenvalue weighted by Crippen LogP contribution is -2.18. The number of carbonyl (C=O) groups excluding carboxylic acids is 3. The van der Waals surface area contributed by atoms with E-state index in [4.69, 9.17) is 15.6 Å². The monoisotopic (exact) mass is 286 g/mol. The van der Waals surface area contributed by atoms with Crippen LogP contribution in [0.5, 0.6) is 0 Å². The lowest BCUT2D eigenvalue weighted by Gasteiger charge is -2.10. The van der Waals surface area contributed by atoms with E-state index < -0.39 is 23.6 Å². The summed E-state index contributed by atoms with van der Waals surface area (Å²) < 4.78 is 9.27. The molecule has 0 aromatic rings. The predicted molar refractivity (Wildman–Crippen MR) is 69.3 cm³/mol. The van der Waals surface area contributed by atoms with Crippen molar-refractivity contribution < 1.29 is 29.0 Å². The van der Waals surface area contributed by atoms with E-state index in [9.17, 15) is 14.4 Å². The van der Waals surface area contributed by atoms with Gasteiger partial charge >= 0.3 is 11.9 Å². The van der Waals surface area contributed by atoms with Gasteiger partial charge in [-0.1, -0.05) is 0 Å². The van der Waals surface area contributed by atoms with Gasteiger partial charge in [0.15, 0.2) is 0 Å². The normalized spacial score (nSPS) is 11.7. The summed E-state index contributed by atoms with van der Waals surface area (Å²) in [6, 6.07) is 0. The molecule has 0 aromatic carbocycles. The first-order chi connectivity index (χ1) is 9.36. The lowest BCUT2D eigenvalue weighted by molar-refractivity contribution is -0.149. The van der Waals surface area contributed by atoms with E-state index in [1.54, 1.807) is 0 Å². The summed E-state index contributed by atoms with van der Waals surface area (Å²) in [5.41, 5.74) is 4.78. The first-order valence-corrected chi connectivity index (χ1v) is 5.72. The minimum absolute atomic E-state index is 0.114. The van der Waals surface area contributed by atoms with E-state index in [0.717, 1.165) is 12.2 Å². The fourth-order valence-corrected chi connectivity index (χ4v) is 1.03. The van der Waals surface area contributed by atoms with Crippen LogP contribution in [0.15, 0.2) is 24.2 Å². The molecule has 0 unspecified atom stereocenters. The van der Waals surface area contributed by atoms with Crippen molar-refractivity contribution in [2.45, 2.75) is 6.42 Å². The van der Waals surface area contributed by atoms with Gasteiger partial charge < -0.3 is 25.2 Å². The number of esters is 2. The molecule has 0 atom stereocenters. The van der Waals surface area contributed by atoms with Crippen LogP contribution in [0.4, 0.5) is 0 Å². The number of nitrogens with zero attached hydrogens (tertiary/aromatic N) is 1. The van der Waals surface area contributed by atoms with Crippen molar-refractivity contribution in [2.24, 2.45) is 5.73 Å². The Hall–Kier alpha value is -2.35. The highest BCUT2D eigenvalue weighted by Gasteiger charge is 2.16. The molecule has 0 aliphatic carbocycles. The number of hydrogen-bond acceptors (Lipinski definition) is 7. The molecule has 0 saturated carbocycles. The van der Waals surface area contributed by atoms with Crippen LogP contribution in [0.25, 0.3) is 0 Å². The van der Waals surface area contributed by atoms with Gasteiger partial charge in [-0.2, -0.15) is 0 Å². The summed E-state index contributed by atoms with van der Waals surface area (Å²) >= 11 is 0. The summed E-state index contributed by atoms with van der Waals surface area (Å²) in [5, 5.41) is 8.80. The zero-order valence-electron chi connectivity index (χ0n) is 11.4. The van der Waals surface area contributed by atoms with Gasteiger partial charge in [-0.3, -0.25) is 4.79 Å². The largest absolute Gasteiger partial charge is 0.511 e. The van der Waals surface area contributed by atoms with Crippen LogP contribution in [0.2, 0.25) is 0 Å². The number of aliphatic hydroxyl groups is 1. The third-order valence-electron chi connectivity index (χ3n) is 1.90. The van der Waals surface area contributed by atoms with Crippen LogP contribution in [0, 0.1) is 0 Å². The second kappa shape index (κ2) is 9.56. The minimum atomic E-state index is -1.03. The average molecular weight is 286 g/mol. The lowest BCUT2D eigenvalue weighted by atomic mass is 10.4. The van der Waals surface area contributed by atoms with Gasteiger partial charge in [0.2, 0.25) is 11.7 Å². The molecular weight excluding hydrogens is 268 g/mol. The molecule has 0 heterocycles. The van der Waals surface area contributed by atoms with Crippen molar-refractivity contribution in [1.29, 1.82) is 0 Å². The maximum absolute atomic E-state index is 11.4. The number of aliphatic hydroxyl groups excluding tert-OH is 1. The van der Waals surface area contributed by atoms with E-state index in [1.165, 1.54) is 0 Å². The van der Waals surface area contributed by atoms with Crippen LogP contribution in [0.3, 0.4) is 0 Å². The van der Waals surface area contributed by atoms with E-state index in [0.29, 0.717) is 19.2 Å². The average Bonchev–Trinajstić information content (AvgIpc) is 2.38. The number of nitrogens with two attached hydrogens (primary N) is 1.